The highest BCUT2D eigenvalue weighted by Crippen LogP contribution is 2.48. The predicted molar refractivity (Wildman–Crippen MR) is 201 cm³/mol. The molecule has 50 heavy (non-hydrogen) atoms. The van der Waals surface area contributed by atoms with Crippen molar-refractivity contribution in [3.8, 4) is 16.9 Å². The molecule has 3 aliphatic heterocycles. The Bertz CT molecular complexity index is 1700. The molecule has 0 saturated carbocycles. The van der Waals surface area contributed by atoms with E-state index >= 15 is 0 Å². The van der Waals surface area contributed by atoms with Gasteiger partial charge in [-0.15, -0.1) is 0 Å². The monoisotopic (exact) mass is 719 g/mol. The molecule has 3 heterocycles. The van der Waals surface area contributed by atoms with Crippen molar-refractivity contribution in [1.29, 1.82) is 0 Å². The summed E-state index contributed by atoms with van der Waals surface area (Å²) in [4.78, 5) is 28.5. The normalized spacial score (nSPS) is 22.8. The predicted octanol–water partition coefficient (Wildman–Crippen LogP) is 8.66. The number of halogens is 1. The van der Waals surface area contributed by atoms with Crippen molar-refractivity contribution in [3.05, 3.63) is 76.8 Å². The fraction of sp³-hybridized carbons (Fsp3) is 0.487. The minimum Gasteiger partial charge on any atom is -0.496 e. The number of hydrogen-bond donors (Lipinski definition) is 2. The number of amides is 2. The Morgan fingerprint density at radius 3 is 2.34 bits per heavy atom. The summed E-state index contributed by atoms with van der Waals surface area (Å²) in [7, 11) is 1.78. The Hall–Kier alpha value is -3.41. The maximum atomic E-state index is 13.1. The van der Waals surface area contributed by atoms with Crippen molar-refractivity contribution in [1.82, 2.24) is 4.90 Å². The Morgan fingerprint density at radius 1 is 0.980 bits per heavy atom. The Balaban J connectivity index is 1.05. The summed E-state index contributed by atoms with van der Waals surface area (Å²) in [5.41, 5.74) is 4.99. The molecule has 3 aromatic rings. The van der Waals surface area contributed by atoms with Crippen LogP contribution >= 0.6 is 11.6 Å². The number of aryl methyl sites for hydroxylation is 1. The van der Waals surface area contributed by atoms with Crippen molar-refractivity contribution in [2.24, 2.45) is 0 Å². The van der Waals surface area contributed by atoms with E-state index in [1.54, 1.807) is 13.2 Å². The Kier molecular flexibility index (Phi) is 10.7. The van der Waals surface area contributed by atoms with Gasteiger partial charge in [0.1, 0.15) is 24.1 Å². The number of hydrogen-bond acceptors (Lipinski definition) is 7. The van der Waals surface area contributed by atoms with Gasteiger partial charge in [0.05, 0.1) is 30.1 Å². The van der Waals surface area contributed by atoms with E-state index in [-0.39, 0.29) is 29.3 Å². The van der Waals surface area contributed by atoms with Crippen LogP contribution in [-0.4, -0.2) is 69.8 Å². The van der Waals surface area contributed by atoms with Crippen LogP contribution in [0.2, 0.25) is 23.2 Å². The SMILES string of the molecule is COc1cc(NC(=O)CCCc2ccc(NC(=O)OC3CC4C5OC5C(C3)N4C)c(-c3ccccc3)c2)c(Cl)cc1CO[Si](C)(C)C(C)(C)C. The quantitative estimate of drug-likeness (QED) is 0.143. The molecule has 0 spiro atoms. The number of ether oxygens (including phenoxy) is 3. The first kappa shape index (κ1) is 36.4. The molecule has 3 fully saturated rings. The minimum absolute atomic E-state index is 0.0801. The first-order valence-electron chi connectivity index (χ1n) is 17.6. The number of morpholine rings is 1. The topological polar surface area (TPSA) is 102 Å². The molecule has 4 atom stereocenters. The van der Waals surface area contributed by atoms with E-state index in [0.29, 0.717) is 60.1 Å². The highest BCUT2D eigenvalue weighted by molar-refractivity contribution is 6.74. The van der Waals surface area contributed by atoms with Crippen molar-refractivity contribution in [2.75, 3.05) is 24.8 Å². The smallest absolute Gasteiger partial charge is 0.411 e. The van der Waals surface area contributed by atoms with Gasteiger partial charge >= 0.3 is 6.09 Å². The molecule has 2 amide bonds. The fourth-order valence-electron chi connectivity index (χ4n) is 6.93. The molecule has 9 nitrogen and oxygen atoms in total. The van der Waals surface area contributed by atoms with Crippen molar-refractivity contribution in [2.45, 2.75) is 108 Å². The molecular formula is C39H50ClN3O6Si. The van der Waals surface area contributed by atoms with Gasteiger partial charge in [-0.25, -0.2) is 4.79 Å². The number of rotatable bonds is 12. The lowest BCUT2D eigenvalue weighted by Crippen LogP contribution is -2.48. The molecule has 0 aromatic heterocycles. The van der Waals surface area contributed by atoms with Gasteiger partial charge in [-0.3, -0.25) is 15.0 Å². The Labute approximate surface area is 302 Å². The van der Waals surface area contributed by atoms with E-state index in [1.165, 1.54) is 0 Å². The largest absolute Gasteiger partial charge is 0.496 e. The fourth-order valence-corrected chi connectivity index (χ4v) is 8.12. The van der Waals surface area contributed by atoms with Crippen LogP contribution in [0.5, 0.6) is 5.75 Å². The molecule has 268 valence electrons. The Morgan fingerprint density at radius 2 is 1.68 bits per heavy atom. The van der Waals surface area contributed by atoms with E-state index < -0.39 is 14.4 Å². The van der Waals surface area contributed by atoms with Crippen LogP contribution in [0.3, 0.4) is 0 Å². The number of anilines is 2. The van der Waals surface area contributed by atoms with Crippen molar-refractivity contribution < 1.29 is 28.2 Å². The van der Waals surface area contributed by atoms with E-state index in [1.807, 2.05) is 48.5 Å². The van der Waals surface area contributed by atoms with Crippen LogP contribution in [0.1, 0.15) is 57.6 Å². The highest BCUT2D eigenvalue weighted by Gasteiger charge is 2.62. The van der Waals surface area contributed by atoms with Crippen molar-refractivity contribution >= 4 is 43.3 Å². The van der Waals surface area contributed by atoms with E-state index in [9.17, 15) is 9.59 Å². The molecule has 2 N–H and O–H groups in total. The van der Waals surface area contributed by atoms with Crippen LogP contribution in [0.15, 0.2) is 60.7 Å². The number of epoxide rings is 1. The molecule has 3 saturated heterocycles. The first-order valence-corrected chi connectivity index (χ1v) is 20.9. The van der Waals surface area contributed by atoms with Gasteiger partial charge < -0.3 is 24.0 Å². The summed E-state index contributed by atoms with van der Waals surface area (Å²) in [5.74, 6) is 0.494. The number of methoxy groups -OCH3 is 1. The zero-order valence-electron chi connectivity index (χ0n) is 30.2. The summed E-state index contributed by atoms with van der Waals surface area (Å²) in [6, 6.07) is 20.2. The van der Waals surface area contributed by atoms with E-state index in [2.05, 4.69) is 62.5 Å². The number of carbonyl (C=O) groups excluding carboxylic acids is 2. The second kappa shape index (κ2) is 14.7. The molecular weight excluding hydrogens is 670 g/mol. The molecule has 2 bridgehead atoms. The maximum Gasteiger partial charge on any atom is 0.411 e. The van der Waals surface area contributed by atoms with Crippen LogP contribution in [-0.2, 0) is 31.7 Å². The van der Waals surface area contributed by atoms with Gasteiger partial charge in [-0.1, -0.05) is 68.8 Å². The van der Waals surface area contributed by atoms with E-state index in [4.69, 9.17) is 30.2 Å². The average Bonchev–Trinajstić information content (AvgIpc) is 3.84. The van der Waals surface area contributed by atoms with Crippen LogP contribution in [0.25, 0.3) is 11.1 Å². The molecule has 11 heteroatoms. The zero-order valence-corrected chi connectivity index (χ0v) is 31.9. The second-order valence-electron chi connectivity index (χ2n) is 15.3. The molecule has 6 rings (SSSR count). The van der Waals surface area contributed by atoms with Gasteiger partial charge in [0.15, 0.2) is 8.32 Å². The van der Waals surface area contributed by atoms with E-state index in [0.717, 1.165) is 35.1 Å². The maximum absolute atomic E-state index is 13.1. The molecule has 3 aromatic carbocycles. The number of benzene rings is 3. The van der Waals surface area contributed by atoms with Gasteiger partial charge in [0.2, 0.25) is 5.91 Å². The van der Waals surface area contributed by atoms with Gasteiger partial charge in [0, 0.05) is 48.5 Å². The summed E-state index contributed by atoms with van der Waals surface area (Å²) >= 11 is 6.62. The summed E-state index contributed by atoms with van der Waals surface area (Å²) in [6.45, 7) is 11.4. The lowest BCUT2D eigenvalue weighted by molar-refractivity contribution is -0.116. The third kappa shape index (κ3) is 8.05. The molecule has 3 aliphatic rings. The van der Waals surface area contributed by atoms with Crippen molar-refractivity contribution in [3.63, 3.8) is 0 Å². The standard InChI is InChI=1S/C39H50ClN3O6Si/c1-39(2,3)50(6,7)47-23-26-19-29(40)31(22-34(26)46-5)41-35(44)15-11-12-24-16-17-30(28(18-24)25-13-9-8-10-14-25)42-38(45)48-27-20-32-36-37(49-36)33(21-27)43(32)4/h8-10,13-14,16-19,22,27,32-33,36-37H,11-12,15,20-21,23H2,1-7H3,(H,41,44)(H,42,45). The summed E-state index contributed by atoms with van der Waals surface area (Å²) in [5, 5.41) is 6.49. The zero-order chi connectivity index (χ0) is 35.8. The number of nitrogens with zero attached hydrogens (tertiary/aromatic N) is 1. The lowest BCUT2D eigenvalue weighted by atomic mass is 9.98. The second-order valence-corrected chi connectivity index (χ2v) is 20.5. The number of piperidine rings is 1. The third-order valence-electron chi connectivity index (χ3n) is 11.0. The van der Waals surface area contributed by atoms with Gasteiger partial charge in [0.25, 0.3) is 0 Å². The third-order valence-corrected chi connectivity index (χ3v) is 15.8. The molecule has 0 aliphatic carbocycles. The minimum atomic E-state index is -1.97. The number of fused-ring (bicyclic) bond motifs is 5. The molecule has 0 radical (unpaired) electrons. The number of nitrogens with one attached hydrogen (secondary N) is 2. The first-order chi connectivity index (χ1) is 23.7. The van der Waals surface area contributed by atoms with Crippen LogP contribution in [0.4, 0.5) is 16.2 Å². The highest BCUT2D eigenvalue weighted by atomic mass is 35.5. The number of likely N-dealkylation sites (N-methyl/N-ethyl adjacent to an activating group) is 1. The average molecular weight is 720 g/mol. The number of carbonyl (C=O) groups is 2. The van der Waals surface area contributed by atoms with Crippen LogP contribution < -0.4 is 15.4 Å². The summed E-state index contributed by atoms with van der Waals surface area (Å²) in [6.07, 6.45) is 3.21. The lowest BCUT2D eigenvalue weighted by Gasteiger charge is -2.37. The summed E-state index contributed by atoms with van der Waals surface area (Å²) < 4.78 is 23.7. The van der Waals surface area contributed by atoms with Gasteiger partial charge in [-0.05, 0) is 67.3 Å². The van der Waals surface area contributed by atoms with Gasteiger partial charge in [-0.2, -0.15) is 0 Å². The van der Waals surface area contributed by atoms with Crippen LogP contribution in [0, 0.1) is 0 Å². The molecule has 4 unspecified atom stereocenters.